The monoisotopic (exact) mass is 244 g/mol. The predicted octanol–water partition coefficient (Wildman–Crippen LogP) is -0.450. The summed E-state index contributed by atoms with van der Waals surface area (Å²) >= 11 is 0. The van der Waals surface area contributed by atoms with Crippen molar-refractivity contribution < 1.29 is 19.8 Å². The van der Waals surface area contributed by atoms with Crippen molar-refractivity contribution in [2.45, 2.75) is 50.8 Å². The number of carboxylic acids is 1. The van der Waals surface area contributed by atoms with Crippen molar-refractivity contribution in [1.29, 1.82) is 0 Å². The molecule has 0 aromatic carbocycles. The molecule has 0 aromatic rings. The Labute approximate surface area is 100 Å². The van der Waals surface area contributed by atoms with Crippen LogP contribution in [-0.4, -0.2) is 51.2 Å². The van der Waals surface area contributed by atoms with Crippen molar-refractivity contribution in [3.8, 4) is 0 Å². The van der Waals surface area contributed by atoms with Gasteiger partial charge in [-0.05, 0) is 12.8 Å². The molecule has 6 heteroatoms. The number of aliphatic hydroxyl groups excluding tert-OH is 1. The van der Waals surface area contributed by atoms with Gasteiger partial charge in [-0.25, -0.2) is 4.79 Å². The van der Waals surface area contributed by atoms with Gasteiger partial charge in [0.05, 0.1) is 11.6 Å². The Morgan fingerprint density at radius 2 is 1.94 bits per heavy atom. The smallest absolute Gasteiger partial charge is 0.326 e. The van der Waals surface area contributed by atoms with E-state index in [4.69, 9.17) is 10.8 Å². The van der Waals surface area contributed by atoms with Gasteiger partial charge < -0.3 is 20.8 Å². The van der Waals surface area contributed by atoms with E-state index in [-0.39, 0.29) is 18.9 Å². The molecule has 0 saturated carbocycles. The predicted molar refractivity (Wildman–Crippen MR) is 61.3 cm³/mol. The number of nitrogens with zero attached hydrogens (tertiary/aromatic N) is 1. The zero-order chi connectivity index (χ0) is 13.2. The third-order valence-corrected chi connectivity index (χ3v) is 3.51. The molecular formula is C11H20N2O4. The minimum Gasteiger partial charge on any atom is -0.480 e. The van der Waals surface area contributed by atoms with Gasteiger partial charge in [0.2, 0.25) is 5.91 Å². The molecule has 0 aromatic heterocycles. The SMILES string of the molecule is CCC(N)(CC)C(=O)N1C[C@H](O)C[C@H]1C(=O)O. The molecule has 1 amide bonds. The van der Waals surface area contributed by atoms with Gasteiger partial charge in [-0.3, -0.25) is 4.79 Å². The van der Waals surface area contributed by atoms with Crippen molar-refractivity contribution in [2.75, 3.05) is 6.54 Å². The summed E-state index contributed by atoms with van der Waals surface area (Å²) in [5.74, 6) is -1.48. The lowest BCUT2D eigenvalue weighted by molar-refractivity contribution is -0.150. The summed E-state index contributed by atoms with van der Waals surface area (Å²) < 4.78 is 0. The van der Waals surface area contributed by atoms with E-state index in [9.17, 15) is 14.7 Å². The van der Waals surface area contributed by atoms with Gasteiger partial charge in [0.25, 0.3) is 0 Å². The van der Waals surface area contributed by atoms with Gasteiger partial charge in [-0.1, -0.05) is 13.8 Å². The lowest BCUT2D eigenvalue weighted by atomic mass is 9.92. The number of carboxylic acid groups (broad SMARTS) is 1. The number of β-amino-alcohol motifs (C(OH)–C–C–N with tert-alkyl or cyclic N) is 1. The Kier molecular flexibility index (Phi) is 4.11. The van der Waals surface area contributed by atoms with E-state index in [1.54, 1.807) is 13.8 Å². The molecule has 2 atom stereocenters. The quantitative estimate of drug-likeness (QED) is 0.621. The fourth-order valence-corrected chi connectivity index (χ4v) is 2.11. The van der Waals surface area contributed by atoms with Crippen LogP contribution >= 0.6 is 0 Å². The Morgan fingerprint density at radius 3 is 2.35 bits per heavy atom. The molecule has 0 unspecified atom stereocenters. The first-order valence-electron chi connectivity index (χ1n) is 5.86. The maximum atomic E-state index is 12.2. The summed E-state index contributed by atoms with van der Waals surface area (Å²) in [6, 6.07) is -0.960. The molecule has 98 valence electrons. The van der Waals surface area contributed by atoms with Gasteiger partial charge in [0.1, 0.15) is 6.04 Å². The number of amides is 1. The van der Waals surface area contributed by atoms with Gasteiger partial charge in [-0.2, -0.15) is 0 Å². The highest BCUT2D eigenvalue weighted by Gasteiger charge is 2.44. The van der Waals surface area contributed by atoms with Crippen molar-refractivity contribution in [3.05, 3.63) is 0 Å². The highest BCUT2D eigenvalue weighted by molar-refractivity contribution is 5.90. The van der Waals surface area contributed by atoms with Crippen LogP contribution < -0.4 is 5.73 Å². The third-order valence-electron chi connectivity index (χ3n) is 3.51. The first-order chi connectivity index (χ1) is 7.85. The molecule has 1 saturated heterocycles. The van der Waals surface area contributed by atoms with Crippen LogP contribution in [-0.2, 0) is 9.59 Å². The number of aliphatic hydroxyl groups is 1. The summed E-state index contributed by atoms with van der Waals surface area (Å²) in [6.45, 7) is 3.64. The Hall–Kier alpha value is -1.14. The average Bonchev–Trinajstić information content (AvgIpc) is 2.69. The number of nitrogens with two attached hydrogens (primary N) is 1. The molecule has 0 radical (unpaired) electrons. The first-order valence-corrected chi connectivity index (χ1v) is 5.86. The topological polar surface area (TPSA) is 104 Å². The van der Waals surface area contributed by atoms with Crippen LogP contribution in [0.1, 0.15) is 33.1 Å². The zero-order valence-corrected chi connectivity index (χ0v) is 10.2. The second kappa shape index (κ2) is 5.01. The van der Waals surface area contributed by atoms with Crippen molar-refractivity contribution in [2.24, 2.45) is 5.73 Å². The van der Waals surface area contributed by atoms with E-state index >= 15 is 0 Å². The van der Waals surface area contributed by atoms with E-state index in [2.05, 4.69) is 0 Å². The second-order valence-corrected chi connectivity index (χ2v) is 4.56. The van der Waals surface area contributed by atoms with E-state index in [0.717, 1.165) is 0 Å². The number of hydrogen-bond donors (Lipinski definition) is 3. The normalized spacial score (nSPS) is 25.1. The molecule has 1 heterocycles. The molecule has 0 spiro atoms. The molecule has 4 N–H and O–H groups in total. The van der Waals surface area contributed by atoms with Crippen LogP contribution in [0, 0.1) is 0 Å². The Morgan fingerprint density at radius 1 is 1.41 bits per heavy atom. The number of carbonyl (C=O) groups excluding carboxylic acids is 1. The third kappa shape index (κ3) is 2.58. The average molecular weight is 244 g/mol. The first kappa shape index (κ1) is 13.9. The summed E-state index contributed by atoms with van der Waals surface area (Å²) in [5, 5.41) is 18.5. The molecule has 1 aliphatic heterocycles. The Balaban J connectivity index is 2.91. The second-order valence-electron chi connectivity index (χ2n) is 4.56. The minimum atomic E-state index is -1.09. The zero-order valence-electron chi connectivity index (χ0n) is 10.2. The molecule has 1 rings (SSSR count). The minimum absolute atomic E-state index is 0.0503. The summed E-state index contributed by atoms with van der Waals surface area (Å²) in [5.41, 5.74) is 4.93. The molecule has 0 bridgehead atoms. The van der Waals surface area contributed by atoms with Crippen LogP contribution in [0.2, 0.25) is 0 Å². The van der Waals surface area contributed by atoms with Gasteiger partial charge in [0, 0.05) is 13.0 Å². The van der Waals surface area contributed by atoms with Crippen LogP contribution in [0.25, 0.3) is 0 Å². The number of likely N-dealkylation sites (tertiary alicyclic amines) is 1. The lowest BCUT2D eigenvalue weighted by Crippen LogP contribution is -2.57. The highest BCUT2D eigenvalue weighted by Crippen LogP contribution is 2.24. The Bertz CT molecular complexity index is 315. The number of rotatable bonds is 4. The van der Waals surface area contributed by atoms with E-state index < -0.39 is 23.7 Å². The van der Waals surface area contributed by atoms with Crippen LogP contribution in [0.5, 0.6) is 0 Å². The molecule has 0 aliphatic carbocycles. The van der Waals surface area contributed by atoms with Crippen LogP contribution in [0.4, 0.5) is 0 Å². The van der Waals surface area contributed by atoms with Crippen LogP contribution in [0.15, 0.2) is 0 Å². The summed E-state index contributed by atoms with van der Waals surface area (Å²) in [4.78, 5) is 24.4. The lowest BCUT2D eigenvalue weighted by Gasteiger charge is -2.32. The maximum Gasteiger partial charge on any atom is 0.326 e. The largest absolute Gasteiger partial charge is 0.480 e. The summed E-state index contributed by atoms with van der Waals surface area (Å²) in [7, 11) is 0. The molecule has 1 aliphatic rings. The molecular weight excluding hydrogens is 224 g/mol. The van der Waals surface area contributed by atoms with E-state index in [0.29, 0.717) is 12.8 Å². The van der Waals surface area contributed by atoms with Crippen LogP contribution in [0.3, 0.4) is 0 Å². The van der Waals surface area contributed by atoms with E-state index in [1.807, 2.05) is 0 Å². The number of aliphatic carboxylic acids is 1. The standard InChI is InChI=1S/C11H20N2O4/c1-3-11(12,4-2)10(17)13-6-7(14)5-8(13)9(15)16/h7-8,14H,3-6,12H2,1-2H3,(H,15,16)/t7-,8+/m1/s1. The van der Waals surface area contributed by atoms with Crippen molar-refractivity contribution in [1.82, 2.24) is 4.90 Å². The number of hydrogen-bond acceptors (Lipinski definition) is 4. The summed E-state index contributed by atoms with van der Waals surface area (Å²) in [6.07, 6.45) is 0.186. The van der Waals surface area contributed by atoms with Gasteiger partial charge in [-0.15, -0.1) is 0 Å². The molecule has 1 fully saturated rings. The van der Waals surface area contributed by atoms with Crippen molar-refractivity contribution >= 4 is 11.9 Å². The van der Waals surface area contributed by atoms with Gasteiger partial charge in [0.15, 0.2) is 0 Å². The molecule has 6 nitrogen and oxygen atoms in total. The van der Waals surface area contributed by atoms with Crippen molar-refractivity contribution in [3.63, 3.8) is 0 Å². The van der Waals surface area contributed by atoms with E-state index in [1.165, 1.54) is 4.90 Å². The fraction of sp³-hybridized carbons (Fsp3) is 0.818. The highest BCUT2D eigenvalue weighted by atomic mass is 16.4. The van der Waals surface area contributed by atoms with Gasteiger partial charge >= 0.3 is 5.97 Å². The maximum absolute atomic E-state index is 12.2. The fourth-order valence-electron chi connectivity index (χ4n) is 2.11. The molecule has 17 heavy (non-hydrogen) atoms. The number of carbonyl (C=O) groups is 2.